The second kappa shape index (κ2) is 4.77. The molecule has 0 heterocycles. The molecule has 1 amide bonds. The highest BCUT2D eigenvalue weighted by Crippen LogP contribution is 2.14. The largest absolute Gasteiger partial charge is 0.322 e. The second-order valence-corrected chi connectivity index (χ2v) is 3.18. The minimum atomic E-state index is -0.0450. The lowest BCUT2D eigenvalue weighted by molar-refractivity contribution is -0.117. The predicted molar refractivity (Wildman–Crippen MR) is 58.3 cm³/mol. The van der Waals surface area contributed by atoms with E-state index in [1.807, 2.05) is 38.1 Å². The molecule has 0 radical (unpaired) electrons. The number of likely N-dealkylation sites (N-methyl/N-ethyl adjacent to an activating group) is 1. The summed E-state index contributed by atoms with van der Waals surface area (Å²) in [7, 11) is 0. The Kier molecular flexibility index (Phi) is 3.65. The maximum absolute atomic E-state index is 11.4. The van der Waals surface area contributed by atoms with Gasteiger partial charge in [0.1, 0.15) is 0 Å². The van der Waals surface area contributed by atoms with E-state index in [4.69, 9.17) is 5.73 Å². The van der Waals surface area contributed by atoms with Gasteiger partial charge < -0.3 is 10.6 Å². The van der Waals surface area contributed by atoms with Crippen molar-refractivity contribution >= 4 is 11.6 Å². The molecule has 0 saturated heterocycles. The van der Waals surface area contributed by atoms with Crippen LogP contribution < -0.4 is 10.6 Å². The van der Waals surface area contributed by atoms with Crippen LogP contribution in [0.3, 0.4) is 0 Å². The van der Waals surface area contributed by atoms with Crippen molar-refractivity contribution in [3.05, 3.63) is 29.8 Å². The van der Waals surface area contributed by atoms with E-state index in [9.17, 15) is 4.79 Å². The molecule has 0 bridgehead atoms. The number of nitrogens with zero attached hydrogens (tertiary/aromatic N) is 1. The Bertz CT molecular complexity index is 306. The van der Waals surface area contributed by atoms with Gasteiger partial charge in [0.05, 0.1) is 6.54 Å². The average Bonchev–Trinajstić information content (AvgIpc) is 2.21. The van der Waals surface area contributed by atoms with E-state index in [1.54, 1.807) is 4.90 Å². The number of anilines is 1. The predicted octanol–water partition coefficient (Wildman–Crippen LogP) is 1.31. The maximum Gasteiger partial charge on any atom is 0.240 e. The third kappa shape index (κ3) is 2.33. The molecular formula is C11H16N2O. The monoisotopic (exact) mass is 192 g/mol. The highest BCUT2D eigenvalue weighted by Gasteiger charge is 2.10. The van der Waals surface area contributed by atoms with Crippen LogP contribution >= 0.6 is 0 Å². The van der Waals surface area contributed by atoms with E-state index in [-0.39, 0.29) is 12.5 Å². The van der Waals surface area contributed by atoms with Crippen LogP contribution in [0.25, 0.3) is 0 Å². The zero-order chi connectivity index (χ0) is 10.6. The van der Waals surface area contributed by atoms with E-state index < -0.39 is 0 Å². The Balaban J connectivity index is 2.89. The van der Waals surface area contributed by atoms with Gasteiger partial charge >= 0.3 is 0 Å². The molecule has 0 aliphatic carbocycles. The fourth-order valence-corrected chi connectivity index (χ4v) is 1.34. The first kappa shape index (κ1) is 10.7. The molecule has 0 saturated carbocycles. The first-order valence-electron chi connectivity index (χ1n) is 4.76. The Morgan fingerprint density at radius 3 is 2.36 bits per heavy atom. The number of aryl methyl sites for hydroxylation is 1. The molecule has 0 aromatic heterocycles. The van der Waals surface area contributed by atoms with Crippen molar-refractivity contribution in [1.29, 1.82) is 0 Å². The third-order valence-corrected chi connectivity index (χ3v) is 2.14. The van der Waals surface area contributed by atoms with Gasteiger partial charge in [-0.3, -0.25) is 4.79 Å². The lowest BCUT2D eigenvalue weighted by atomic mass is 10.2. The van der Waals surface area contributed by atoms with Gasteiger partial charge in [-0.15, -0.1) is 0 Å². The minimum Gasteiger partial charge on any atom is -0.322 e. The average molecular weight is 192 g/mol. The van der Waals surface area contributed by atoms with Crippen LogP contribution in [0.4, 0.5) is 5.69 Å². The van der Waals surface area contributed by atoms with E-state index in [0.29, 0.717) is 6.54 Å². The number of carbonyl (C=O) groups is 1. The van der Waals surface area contributed by atoms with E-state index in [2.05, 4.69) is 0 Å². The molecule has 76 valence electrons. The van der Waals surface area contributed by atoms with E-state index >= 15 is 0 Å². The molecule has 3 heteroatoms. The van der Waals surface area contributed by atoms with Gasteiger partial charge in [0, 0.05) is 12.2 Å². The smallest absolute Gasteiger partial charge is 0.240 e. The molecule has 0 atom stereocenters. The zero-order valence-electron chi connectivity index (χ0n) is 8.66. The number of nitrogens with two attached hydrogens (primary N) is 1. The lowest BCUT2D eigenvalue weighted by Crippen LogP contribution is -2.35. The second-order valence-electron chi connectivity index (χ2n) is 3.18. The summed E-state index contributed by atoms with van der Waals surface area (Å²) < 4.78 is 0. The van der Waals surface area contributed by atoms with Gasteiger partial charge in [-0.1, -0.05) is 17.7 Å². The summed E-state index contributed by atoms with van der Waals surface area (Å²) in [5, 5.41) is 0. The van der Waals surface area contributed by atoms with Crippen LogP contribution in [0.5, 0.6) is 0 Å². The van der Waals surface area contributed by atoms with Crippen LogP contribution in [0.1, 0.15) is 12.5 Å². The fraction of sp³-hybridized carbons (Fsp3) is 0.364. The lowest BCUT2D eigenvalue weighted by Gasteiger charge is -2.20. The van der Waals surface area contributed by atoms with Crippen LogP contribution in [0, 0.1) is 6.92 Å². The van der Waals surface area contributed by atoms with Crippen molar-refractivity contribution in [1.82, 2.24) is 0 Å². The highest BCUT2D eigenvalue weighted by atomic mass is 16.2. The van der Waals surface area contributed by atoms with E-state index in [1.165, 1.54) is 5.56 Å². The van der Waals surface area contributed by atoms with Crippen LogP contribution in [-0.4, -0.2) is 19.0 Å². The van der Waals surface area contributed by atoms with Crippen molar-refractivity contribution in [3.63, 3.8) is 0 Å². The Labute approximate surface area is 84.5 Å². The molecule has 1 aromatic rings. The maximum atomic E-state index is 11.4. The molecule has 0 aliphatic rings. The number of hydrogen-bond acceptors (Lipinski definition) is 2. The Hall–Kier alpha value is -1.35. The summed E-state index contributed by atoms with van der Waals surface area (Å²) in [6, 6.07) is 7.85. The topological polar surface area (TPSA) is 46.3 Å². The van der Waals surface area contributed by atoms with Crippen LogP contribution in [0.2, 0.25) is 0 Å². The quantitative estimate of drug-likeness (QED) is 0.784. The Morgan fingerprint density at radius 1 is 1.36 bits per heavy atom. The minimum absolute atomic E-state index is 0.0450. The molecule has 1 aromatic carbocycles. The van der Waals surface area contributed by atoms with Gasteiger partial charge in [0.2, 0.25) is 5.91 Å². The van der Waals surface area contributed by atoms with Crippen LogP contribution in [-0.2, 0) is 4.79 Å². The molecule has 0 spiro atoms. The summed E-state index contributed by atoms with van der Waals surface area (Å²) in [6.07, 6.45) is 0. The fourth-order valence-electron chi connectivity index (χ4n) is 1.34. The van der Waals surface area contributed by atoms with Gasteiger partial charge in [-0.25, -0.2) is 0 Å². The summed E-state index contributed by atoms with van der Waals surface area (Å²) in [5.41, 5.74) is 7.42. The van der Waals surface area contributed by atoms with Crippen molar-refractivity contribution < 1.29 is 4.79 Å². The van der Waals surface area contributed by atoms with Crippen molar-refractivity contribution in [2.75, 3.05) is 18.0 Å². The summed E-state index contributed by atoms with van der Waals surface area (Å²) >= 11 is 0. The number of amides is 1. The van der Waals surface area contributed by atoms with Crippen LogP contribution in [0.15, 0.2) is 24.3 Å². The third-order valence-electron chi connectivity index (χ3n) is 2.14. The number of carbonyl (C=O) groups excluding carboxylic acids is 1. The van der Waals surface area contributed by atoms with Gasteiger partial charge in [-0.05, 0) is 26.0 Å². The van der Waals surface area contributed by atoms with Gasteiger partial charge in [0.25, 0.3) is 0 Å². The van der Waals surface area contributed by atoms with Crippen molar-refractivity contribution in [3.8, 4) is 0 Å². The number of hydrogen-bond donors (Lipinski definition) is 1. The number of benzene rings is 1. The molecule has 0 aliphatic heterocycles. The summed E-state index contributed by atoms with van der Waals surface area (Å²) in [5.74, 6) is -0.0450. The molecule has 2 N–H and O–H groups in total. The Morgan fingerprint density at radius 2 is 1.93 bits per heavy atom. The molecule has 0 fully saturated rings. The highest BCUT2D eigenvalue weighted by molar-refractivity contribution is 5.94. The molecule has 0 unspecified atom stereocenters. The van der Waals surface area contributed by atoms with Crippen molar-refractivity contribution in [2.45, 2.75) is 13.8 Å². The van der Waals surface area contributed by atoms with Crippen molar-refractivity contribution in [2.24, 2.45) is 5.73 Å². The first-order valence-corrected chi connectivity index (χ1v) is 4.76. The molecular weight excluding hydrogens is 176 g/mol. The molecule has 3 nitrogen and oxygen atoms in total. The molecule has 14 heavy (non-hydrogen) atoms. The zero-order valence-corrected chi connectivity index (χ0v) is 8.66. The van der Waals surface area contributed by atoms with Gasteiger partial charge in [0.15, 0.2) is 0 Å². The SMILES string of the molecule is CCN(C(=O)CN)c1ccc(C)cc1. The summed E-state index contributed by atoms with van der Waals surface area (Å²) in [4.78, 5) is 13.1. The number of rotatable bonds is 3. The standard InChI is InChI=1S/C11H16N2O/c1-3-13(11(14)8-12)10-6-4-9(2)5-7-10/h4-7H,3,8,12H2,1-2H3. The van der Waals surface area contributed by atoms with E-state index in [0.717, 1.165) is 5.69 Å². The normalized spacial score (nSPS) is 9.93. The molecule has 1 rings (SSSR count). The first-order chi connectivity index (χ1) is 6.69. The summed E-state index contributed by atoms with van der Waals surface area (Å²) in [6.45, 7) is 4.67. The van der Waals surface area contributed by atoms with Gasteiger partial charge in [-0.2, -0.15) is 0 Å².